The van der Waals surface area contributed by atoms with Crippen molar-refractivity contribution in [3.63, 3.8) is 0 Å². The fraction of sp³-hybridized carbons (Fsp3) is 0.421. The Kier molecular flexibility index (Phi) is 9.67. The number of nitrogens with one attached hydrogen (secondary N) is 1. The second-order valence-electron chi connectivity index (χ2n) is 12.4. The number of benzene rings is 3. The fourth-order valence-electron chi connectivity index (χ4n) is 6.92. The van der Waals surface area contributed by atoms with E-state index in [4.69, 9.17) is 18.9 Å². The van der Waals surface area contributed by atoms with Crippen molar-refractivity contribution in [2.24, 2.45) is 0 Å². The summed E-state index contributed by atoms with van der Waals surface area (Å²) in [6.07, 6.45) is 10.7. The molecule has 45 heavy (non-hydrogen) atoms. The number of nitrogens with zero attached hydrogens (tertiary/aromatic N) is 2. The number of methoxy groups -OCH3 is 4. The van der Waals surface area contributed by atoms with E-state index in [-0.39, 0.29) is 6.04 Å². The van der Waals surface area contributed by atoms with E-state index in [1.54, 1.807) is 28.4 Å². The van der Waals surface area contributed by atoms with Gasteiger partial charge in [0.05, 0.1) is 34.5 Å². The molecule has 2 aliphatic heterocycles. The highest BCUT2D eigenvalue weighted by atomic mass is 16.5. The lowest BCUT2D eigenvalue weighted by Crippen LogP contribution is -2.46. The quantitative estimate of drug-likeness (QED) is 0.255. The van der Waals surface area contributed by atoms with Gasteiger partial charge in [0.25, 0.3) is 0 Å². The van der Waals surface area contributed by atoms with Crippen molar-refractivity contribution in [2.45, 2.75) is 44.7 Å². The Labute approximate surface area is 268 Å². The first-order chi connectivity index (χ1) is 22.0. The summed E-state index contributed by atoms with van der Waals surface area (Å²) in [5.74, 6) is 3.62. The zero-order valence-corrected chi connectivity index (χ0v) is 27.4. The molecule has 3 aliphatic rings. The maximum absolute atomic E-state index is 5.80. The highest BCUT2D eigenvalue weighted by Crippen LogP contribution is 2.43. The monoisotopic (exact) mass is 609 g/mol. The third-order valence-corrected chi connectivity index (χ3v) is 9.76. The predicted octanol–water partition coefficient (Wildman–Crippen LogP) is 6.87. The molecule has 2 heterocycles. The number of dihydropyridines is 1. The van der Waals surface area contributed by atoms with Crippen LogP contribution in [0.1, 0.15) is 53.5 Å². The van der Waals surface area contributed by atoms with Gasteiger partial charge in [-0.2, -0.15) is 0 Å². The lowest BCUT2D eigenvalue weighted by atomic mass is 9.77. The van der Waals surface area contributed by atoms with E-state index < -0.39 is 0 Å². The van der Waals surface area contributed by atoms with Gasteiger partial charge in [-0.3, -0.25) is 9.80 Å². The molecular formula is C38H47N3O4. The minimum atomic E-state index is 0.159. The summed E-state index contributed by atoms with van der Waals surface area (Å²) in [5, 5.41) is 3.59. The molecular weight excluding hydrogens is 562 g/mol. The van der Waals surface area contributed by atoms with Crippen LogP contribution in [-0.2, 0) is 6.54 Å². The van der Waals surface area contributed by atoms with Gasteiger partial charge in [-0.05, 0) is 95.1 Å². The highest BCUT2D eigenvalue weighted by molar-refractivity contribution is 5.73. The van der Waals surface area contributed by atoms with Crippen molar-refractivity contribution < 1.29 is 18.9 Å². The first kappa shape index (κ1) is 31.1. The molecule has 0 radical (unpaired) electrons. The summed E-state index contributed by atoms with van der Waals surface area (Å²) < 4.78 is 22.6. The van der Waals surface area contributed by atoms with Crippen LogP contribution in [0.15, 0.2) is 72.5 Å². The Balaban J connectivity index is 1.10. The van der Waals surface area contributed by atoms with E-state index in [0.29, 0.717) is 23.2 Å². The summed E-state index contributed by atoms with van der Waals surface area (Å²) in [5.41, 5.74) is 8.95. The summed E-state index contributed by atoms with van der Waals surface area (Å²) in [6, 6.07) is 17.5. The van der Waals surface area contributed by atoms with Crippen LogP contribution in [-0.4, -0.2) is 71.0 Å². The Morgan fingerprint density at radius 1 is 0.778 bits per heavy atom. The van der Waals surface area contributed by atoms with Gasteiger partial charge in [-0.15, -0.1) is 0 Å². The SMILES string of the molecule is COc1cc(C2C=C(CN3CCN(Cc4ccccc4-c4cc(OC)c(OC)c(OC)c4)CC3)C=CN2)cc(C2CCC2)c1C. The average molecular weight is 610 g/mol. The molecule has 2 fully saturated rings. The normalized spacial score (nSPS) is 19.0. The van der Waals surface area contributed by atoms with Gasteiger partial charge in [0.2, 0.25) is 5.75 Å². The lowest BCUT2D eigenvalue weighted by molar-refractivity contribution is 0.135. The summed E-state index contributed by atoms with van der Waals surface area (Å²) in [6.45, 7) is 8.21. The number of piperazine rings is 1. The Morgan fingerprint density at radius 3 is 2.07 bits per heavy atom. The van der Waals surface area contributed by atoms with Gasteiger partial charge in [0.15, 0.2) is 11.5 Å². The molecule has 3 aromatic rings. The number of rotatable bonds is 11. The van der Waals surface area contributed by atoms with E-state index in [0.717, 1.165) is 50.6 Å². The average Bonchev–Trinajstić information content (AvgIpc) is 3.05. The van der Waals surface area contributed by atoms with Crippen molar-refractivity contribution >= 4 is 0 Å². The highest BCUT2D eigenvalue weighted by Gasteiger charge is 2.26. The first-order valence-electron chi connectivity index (χ1n) is 16.2. The van der Waals surface area contributed by atoms with Crippen molar-refractivity contribution in [1.29, 1.82) is 0 Å². The first-order valence-corrected chi connectivity index (χ1v) is 16.2. The largest absolute Gasteiger partial charge is 0.496 e. The van der Waals surface area contributed by atoms with Crippen molar-refractivity contribution in [3.05, 3.63) is 94.7 Å². The number of hydrogen-bond donors (Lipinski definition) is 1. The van der Waals surface area contributed by atoms with Gasteiger partial charge < -0.3 is 24.3 Å². The van der Waals surface area contributed by atoms with Crippen LogP contribution in [0.2, 0.25) is 0 Å². The lowest BCUT2D eigenvalue weighted by Gasteiger charge is -2.36. The molecule has 1 aliphatic carbocycles. The second-order valence-corrected chi connectivity index (χ2v) is 12.4. The molecule has 1 saturated carbocycles. The van der Waals surface area contributed by atoms with Gasteiger partial charge in [-0.25, -0.2) is 0 Å². The molecule has 1 N–H and O–H groups in total. The summed E-state index contributed by atoms with van der Waals surface area (Å²) in [7, 11) is 6.75. The van der Waals surface area contributed by atoms with Crippen LogP contribution in [0.3, 0.4) is 0 Å². The molecule has 7 nitrogen and oxygen atoms in total. The van der Waals surface area contributed by atoms with Crippen LogP contribution in [0.5, 0.6) is 23.0 Å². The van der Waals surface area contributed by atoms with Crippen molar-refractivity contribution in [1.82, 2.24) is 15.1 Å². The molecule has 0 amide bonds. The minimum Gasteiger partial charge on any atom is -0.496 e. The maximum Gasteiger partial charge on any atom is 0.203 e. The van der Waals surface area contributed by atoms with E-state index in [9.17, 15) is 0 Å². The second kappa shape index (κ2) is 14.0. The standard InChI is InChI=1S/C38H47N3O4/c1-26-33(28-10-8-11-28)20-31(23-35(26)42-2)34-19-27(13-14-39-34)24-40-15-17-41(18-16-40)25-29-9-6-7-12-32(29)30-21-36(43-3)38(45-5)37(22-30)44-4/h6-7,9,12-14,19-23,28,34,39H,8,10-11,15-18,24-25H2,1-5H3. The van der Waals surface area contributed by atoms with E-state index in [1.807, 2.05) is 12.1 Å². The molecule has 0 aromatic heterocycles. The third-order valence-electron chi connectivity index (χ3n) is 9.76. The molecule has 0 spiro atoms. The summed E-state index contributed by atoms with van der Waals surface area (Å²) in [4.78, 5) is 5.14. The van der Waals surface area contributed by atoms with Gasteiger partial charge >= 0.3 is 0 Å². The molecule has 0 bridgehead atoms. The predicted molar refractivity (Wildman–Crippen MR) is 181 cm³/mol. The molecule has 1 atom stereocenters. The zero-order valence-electron chi connectivity index (χ0n) is 27.4. The van der Waals surface area contributed by atoms with E-state index in [1.165, 1.54) is 52.7 Å². The molecule has 7 heteroatoms. The zero-order chi connectivity index (χ0) is 31.3. The Morgan fingerprint density at radius 2 is 1.44 bits per heavy atom. The van der Waals surface area contributed by atoms with Gasteiger partial charge in [-0.1, -0.05) is 42.8 Å². The molecule has 1 saturated heterocycles. The third kappa shape index (κ3) is 6.70. The van der Waals surface area contributed by atoms with Crippen molar-refractivity contribution in [2.75, 3.05) is 61.2 Å². The topological polar surface area (TPSA) is 55.4 Å². The van der Waals surface area contributed by atoms with Crippen LogP contribution >= 0.6 is 0 Å². The number of hydrogen-bond acceptors (Lipinski definition) is 7. The van der Waals surface area contributed by atoms with Crippen LogP contribution in [0, 0.1) is 6.92 Å². The molecule has 3 aromatic carbocycles. The molecule has 6 rings (SSSR count). The van der Waals surface area contributed by atoms with Crippen LogP contribution in [0.25, 0.3) is 11.1 Å². The smallest absolute Gasteiger partial charge is 0.203 e. The van der Waals surface area contributed by atoms with Gasteiger partial charge in [0.1, 0.15) is 5.75 Å². The van der Waals surface area contributed by atoms with E-state index in [2.05, 4.69) is 76.8 Å². The summed E-state index contributed by atoms with van der Waals surface area (Å²) >= 11 is 0. The van der Waals surface area contributed by atoms with Gasteiger partial charge in [0, 0.05) is 39.3 Å². The molecule has 238 valence electrons. The number of ether oxygens (including phenoxy) is 4. The van der Waals surface area contributed by atoms with Crippen molar-refractivity contribution in [3.8, 4) is 34.1 Å². The van der Waals surface area contributed by atoms with Crippen LogP contribution < -0.4 is 24.3 Å². The Bertz CT molecular complexity index is 1530. The van der Waals surface area contributed by atoms with Crippen LogP contribution in [0.4, 0.5) is 0 Å². The Hall–Kier alpha value is -3.94. The fourth-order valence-corrected chi connectivity index (χ4v) is 6.92. The molecule has 1 unspecified atom stereocenters. The van der Waals surface area contributed by atoms with E-state index >= 15 is 0 Å². The minimum absolute atomic E-state index is 0.159. The maximum atomic E-state index is 5.80.